The van der Waals surface area contributed by atoms with Crippen LogP contribution in [0.3, 0.4) is 0 Å². The maximum atomic E-state index is 13.3. The van der Waals surface area contributed by atoms with Crippen LogP contribution in [0.5, 0.6) is 0 Å². The predicted octanol–water partition coefficient (Wildman–Crippen LogP) is 3.42. The minimum absolute atomic E-state index is 0.0234. The summed E-state index contributed by atoms with van der Waals surface area (Å²) in [4.78, 5) is 3.53. The van der Waals surface area contributed by atoms with Gasteiger partial charge in [0.05, 0.1) is 0 Å². The summed E-state index contributed by atoms with van der Waals surface area (Å²) in [5.74, 6) is -6.05. The van der Waals surface area contributed by atoms with Crippen LogP contribution in [0.4, 0.5) is 23.2 Å². The van der Waals surface area contributed by atoms with E-state index in [9.17, 15) is 17.6 Å². The number of hydrogen-bond donors (Lipinski definition) is 1. The molecule has 0 unspecified atom stereocenters. The van der Waals surface area contributed by atoms with Crippen LogP contribution in [-0.2, 0) is 0 Å². The third-order valence-corrected chi connectivity index (χ3v) is 3.10. The maximum Gasteiger partial charge on any atom is 0.187 e. The van der Waals surface area contributed by atoms with Gasteiger partial charge in [0, 0.05) is 12.0 Å². The third kappa shape index (κ3) is 2.32. The van der Waals surface area contributed by atoms with Crippen LogP contribution in [0.25, 0.3) is 0 Å². The molecule has 0 radical (unpaired) electrons. The Hall–Kier alpha value is -1.59. The number of hydrogen-bond acceptors (Lipinski definition) is 1. The van der Waals surface area contributed by atoms with E-state index in [2.05, 4.69) is 4.99 Å². The first-order valence-corrected chi connectivity index (χ1v) is 5.67. The van der Waals surface area contributed by atoms with Gasteiger partial charge in [-0.25, -0.2) is 22.6 Å². The summed E-state index contributed by atoms with van der Waals surface area (Å²) in [6.07, 6.45) is 3.47. The molecule has 1 saturated carbocycles. The quantitative estimate of drug-likeness (QED) is 0.376. The Morgan fingerprint density at radius 1 is 1.06 bits per heavy atom. The summed E-state index contributed by atoms with van der Waals surface area (Å²) in [7, 11) is 0. The Labute approximate surface area is 102 Å². The predicted molar refractivity (Wildman–Crippen MR) is 59.5 cm³/mol. The zero-order chi connectivity index (χ0) is 13.3. The standard InChI is InChI=1S/C12H12F4N2/c13-7-5-8(14)10(16)11(9(7)15)18-12(17)6-3-1-2-4-6/h5-6H,1-4H2,(H2,17,18). The maximum absolute atomic E-state index is 13.3. The van der Waals surface area contributed by atoms with Gasteiger partial charge in [0.1, 0.15) is 11.5 Å². The summed E-state index contributed by atoms with van der Waals surface area (Å²) in [6.45, 7) is 0. The van der Waals surface area contributed by atoms with E-state index >= 15 is 0 Å². The molecule has 18 heavy (non-hydrogen) atoms. The van der Waals surface area contributed by atoms with E-state index < -0.39 is 29.0 Å². The van der Waals surface area contributed by atoms with Gasteiger partial charge in [-0.05, 0) is 12.8 Å². The Morgan fingerprint density at radius 3 is 2.06 bits per heavy atom. The molecule has 0 aliphatic heterocycles. The fourth-order valence-corrected chi connectivity index (χ4v) is 2.10. The molecule has 0 amide bonds. The summed E-state index contributed by atoms with van der Waals surface area (Å²) in [6, 6.07) is 0.148. The Morgan fingerprint density at radius 2 is 1.56 bits per heavy atom. The number of amidine groups is 1. The molecule has 0 atom stereocenters. The number of nitrogens with two attached hydrogens (primary N) is 1. The molecule has 98 valence electrons. The third-order valence-electron chi connectivity index (χ3n) is 3.10. The highest BCUT2D eigenvalue weighted by molar-refractivity contribution is 5.85. The van der Waals surface area contributed by atoms with Crippen molar-refractivity contribution in [2.24, 2.45) is 16.6 Å². The second-order valence-electron chi connectivity index (χ2n) is 4.33. The smallest absolute Gasteiger partial charge is 0.187 e. The fraction of sp³-hybridized carbons (Fsp3) is 0.417. The Bertz CT molecular complexity index is 467. The van der Waals surface area contributed by atoms with Crippen molar-refractivity contribution in [3.63, 3.8) is 0 Å². The van der Waals surface area contributed by atoms with Gasteiger partial charge in [-0.1, -0.05) is 12.8 Å². The first-order chi connectivity index (χ1) is 8.50. The lowest BCUT2D eigenvalue weighted by Crippen LogP contribution is -2.21. The van der Waals surface area contributed by atoms with Crippen LogP contribution >= 0.6 is 0 Å². The number of benzene rings is 1. The van der Waals surface area contributed by atoms with Crippen molar-refractivity contribution in [1.82, 2.24) is 0 Å². The SMILES string of the molecule is NC(=Nc1c(F)c(F)cc(F)c1F)C1CCCC1. The van der Waals surface area contributed by atoms with Gasteiger partial charge in [0.25, 0.3) is 0 Å². The lowest BCUT2D eigenvalue weighted by atomic mass is 10.1. The first kappa shape index (κ1) is 12.9. The molecule has 0 bridgehead atoms. The minimum Gasteiger partial charge on any atom is -0.387 e. The van der Waals surface area contributed by atoms with E-state index in [1.54, 1.807) is 0 Å². The molecule has 6 heteroatoms. The van der Waals surface area contributed by atoms with Crippen molar-refractivity contribution in [2.45, 2.75) is 25.7 Å². The summed E-state index contributed by atoms with van der Waals surface area (Å²) in [5, 5.41) is 0. The van der Waals surface area contributed by atoms with Crippen LogP contribution < -0.4 is 5.73 Å². The van der Waals surface area contributed by atoms with Crippen LogP contribution in [-0.4, -0.2) is 5.84 Å². The zero-order valence-electron chi connectivity index (χ0n) is 9.52. The van der Waals surface area contributed by atoms with Gasteiger partial charge in [-0.15, -0.1) is 0 Å². The van der Waals surface area contributed by atoms with Crippen LogP contribution in [0, 0.1) is 29.2 Å². The number of halogens is 4. The second kappa shape index (κ2) is 4.96. The van der Waals surface area contributed by atoms with Gasteiger partial charge in [0.2, 0.25) is 0 Å². The lowest BCUT2D eigenvalue weighted by Gasteiger charge is -2.09. The monoisotopic (exact) mass is 260 g/mol. The minimum atomic E-state index is -1.52. The van der Waals surface area contributed by atoms with E-state index in [0.29, 0.717) is 0 Å². The molecule has 0 saturated heterocycles. The van der Waals surface area contributed by atoms with Gasteiger partial charge in [-0.3, -0.25) is 0 Å². The molecule has 0 aromatic heterocycles. The summed E-state index contributed by atoms with van der Waals surface area (Å²) in [5.41, 5.74) is 4.63. The highest BCUT2D eigenvalue weighted by Gasteiger charge is 2.22. The molecule has 2 N–H and O–H groups in total. The second-order valence-corrected chi connectivity index (χ2v) is 4.33. The molecule has 1 aromatic rings. The normalized spacial score (nSPS) is 17.4. The van der Waals surface area contributed by atoms with E-state index in [1.807, 2.05) is 0 Å². The average molecular weight is 260 g/mol. The highest BCUT2D eigenvalue weighted by Crippen LogP contribution is 2.30. The van der Waals surface area contributed by atoms with Gasteiger partial charge < -0.3 is 5.73 Å². The largest absolute Gasteiger partial charge is 0.387 e. The van der Waals surface area contributed by atoms with Crippen LogP contribution in [0.1, 0.15) is 25.7 Å². The lowest BCUT2D eigenvalue weighted by molar-refractivity contribution is 0.457. The van der Waals surface area contributed by atoms with Crippen molar-refractivity contribution in [1.29, 1.82) is 0 Å². The number of rotatable bonds is 2. The van der Waals surface area contributed by atoms with Crippen molar-refractivity contribution < 1.29 is 17.6 Å². The molecular formula is C12H12F4N2. The van der Waals surface area contributed by atoms with Crippen molar-refractivity contribution in [2.75, 3.05) is 0 Å². The summed E-state index contributed by atoms with van der Waals surface area (Å²) < 4.78 is 52.6. The first-order valence-electron chi connectivity index (χ1n) is 5.67. The number of aliphatic imine (C=N–C) groups is 1. The van der Waals surface area contributed by atoms with Crippen molar-refractivity contribution in [3.8, 4) is 0 Å². The van der Waals surface area contributed by atoms with E-state index in [0.717, 1.165) is 25.7 Å². The summed E-state index contributed by atoms with van der Waals surface area (Å²) >= 11 is 0. The van der Waals surface area contributed by atoms with E-state index in [1.165, 1.54) is 0 Å². The van der Waals surface area contributed by atoms with Crippen molar-refractivity contribution in [3.05, 3.63) is 29.3 Å². The molecule has 0 spiro atoms. The molecular weight excluding hydrogens is 248 g/mol. The molecule has 1 aliphatic rings. The zero-order valence-corrected chi connectivity index (χ0v) is 9.52. The fourth-order valence-electron chi connectivity index (χ4n) is 2.10. The van der Waals surface area contributed by atoms with E-state index in [4.69, 9.17) is 5.73 Å². The van der Waals surface area contributed by atoms with Gasteiger partial charge in [0.15, 0.2) is 23.3 Å². The van der Waals surface area contributed by atoms with Crippen LogP contribution in [0.2, 0.25) is 0 Å². The molecule has 1 aliphatic carbocycles. The molecule has 1 fully saturated rings. The molecule has 0 heterocycles. The van der Waals surface area contributed by atoms with Crippen molar-refractivity contribution >= 4 is 11.5 Å². The van der Waals surface area contributed by atoms with E-state index in [-0.39, 0.29) is 17.8 Å². The molecule has 2 rings (SSSR count). The average Bonchev–Trinajstić information content (AvgIpc) is 2.85. The number of nitrogens with zero attached hydrogens (tertiary/aromatic N) is 1. The molecule has 1 aromatic carbocycles. The Kier molecular flexibility index (Phi) is 3.54. The highest BCUT2D eigenvalue weighted by atomic mass is 19.2. The van der Waals surface area contributed by atoms with Gasteiger partial charge >= 0.3 is 0 Å². The topological polar surface area (TPSA) is 38.4 Å². The Balaban J connectivity index is 2.41. The molecule has 2 nitrogen and oxygen atoms in total. The van der Waals surface area contributed by atoms with Crippen LogP contribution in [0.15, 0.2) is 11.1 Å². The van der Waals surface area contributed by atoms with Gasteiger partial charge in [-0.2, -0.15) is 0 Å².